The second-order valence-corrected chi connectivity index (χ2v) is 12.6. The van der Waals surface area contributed by atoms with Gasteiger partial charge in [0.05, 0.1) is 22.8 Å². The van der Waals surface area contributed by atoms with Crippen molar-refractivity contribution in [3.05, 3.63) is 75.6 Å². The summed E-state index contributed by atoms with van der Waals surface area (Å²) in [6, 6.07) is 8.67. The molecule has 0 radical (unpaired) electrons. The summed E-state index contributed by atoms with van der Waals surface area (Å²) >= 11 is 1.55. The van der Waals surface area contributed by atoms with E-state index in [4.69, 9.17) is 11.5 Å². The number of aromatic amines is 1. The van der Waals surface area contributed by atoms with E-state index in [0.29, 0.717) is 29.9 Å². The van der Waals surface area contributed by atoms with Gasteiger partial charge in [-0.2, -0.15) is 18.2 Å². The Labute approximate surface area is 280 Å². The highest BCUT2D eigenvalue weighted by Gasteiger charge is 2.36. The maximum absolute atomic E-state index is 15.4. The van der Waals surface area contributed by atoms with Crippen LogP contribution in [-0.4, -0.2) is 52.4 Å². The smallest absolute Gasteiger partial charge is 0.388 e. The van der Waals surface area contributed by atoms with Gasteiger partial charge in [-0.3, -0.25) is 9.56 Å². The van der Waals surface area contributed by atoms with Gasteiger partial charge in [-0.1, -0.05) is 19.4 Å². The molecule has 260 valence electrons. The highest BCUT2D eigenvalue weighted by Crippen LogP contribution is 2.38. The van der Waals surface area contributed by atoms with Crippen LogP contribution in [0.15, 0.2) is 57.3 Å². The molecule has 4 rings (SSSR count). The number of aliphatic imine (C=N–C) groups is 1. The minimum absolute atomic E-state index is 0.0425. The Kier molecular flexibility index (Phi) is 12.8. The molecule has 0 saturated heterocycles. The van der Waals surface area contributed by atoms with E-state index in [1.807, 2.05) is 24.5 Å². The number of nitrogens with zero attached hydrogens (tertiary/aromatic N) is 3. The number of thioether (sulfide) groups is 1. The fourth-order valence-electron chi connectivity index (χ4n) is 5.61. The maximum atomic E-state index is 15.4. The number of amidine groups is 1. The normalized spacial score (nSPS) is 13.7. The summed E-state index contributed by atoms with van der Waals surface area (Å²) in [7, 11) is 0. The lowest BCUT2D eigenvalue weighted by Gasteiger charge is -2.22. The minimum Gasteiger partial charge on any atom is -0.388 e. The molecule has 0 amide bonds. The first kappa shape index (κ1) is 37.1. The van der Waals surface area contributed by atoms with Gasteiger partial charge in [-0.05, 0) is 93.3 Å². The average Bonchev–Trinajstić information content (AvgIpc) is 3.45. The number of aryl methyl sites for hydroxylation is 1. The Morgan fingerprint density at radius 1 is 1.17 bits per heavy atom. The molecule has 2 atom stereocenters. The first-order chi connectivity index (χ1) is 22.9. The summed E-state index contributed by atoms with van der Waals surface area (Å²) in [6.45, 7) is 4.54. The molecule has 6 N–H and O–H groups in total. The van der Waals surface area contributed by atoms with Gasteiger partial charge in [0.1, 0.15) is 18.1 Å². The lowest BCUT2D eigenvalue weighted by Crippen LogP contribution is -2.24. The molecule has 0 aliphatic carbocycles. The number of hydrogen-bond donors (Lipinski definition) is 4. The third kappa shape index (κ3) is 9.23. The van der Waals surface area contributed by atoms with Gasteiger partial charge in [-0.25, -0.2) is 13.6 Å². The van der Waals surface area contributed by atoms with E-state index in [9.17, 15) is 22.4 Å². The number of hydrogen-bond acceptors (Lipinski definition) is 6. The third-order valence-corrected chi connectivity index (χ3v) is 8.80. The second-order valence-electron chi connectivity index (χ2n) is 11.8. The van der Waals surface area contributed by atoms with Crippen LogP contribution in [0.3, 0.4) is 0 Å². The fourth-order valence-corrected chi connectivity index (χ4v) is 6.29. The molecule has 8 nitrogen and oxygen atoms in total. The van der Waals surface area contributed by atoms with Crippen molar-refractivity contribution >= 4 is 28.6 Å². The van der Waals surface area contributed by atoms with Crippen LogP contribution in [0.4, 0.5) is 22.0 Å². The molecule has 48 heavy (non-hydrogen) atoms. The number of rotatable bonds is 16. The fraction of sp³-hybridized carbons (Fsp3) is 0.441. The molecule has 0 bridgehead atoms. The van der Waals surface area contributed by atoms with Crippen molar-refractivity contribution in [2.45, 2.75) is 75.5 Å². The summed E-state index contributed by atoms with van der Waals surface area (Å²) in [5.41, 5.74) is 11.0. The third-order valence-electron chi connectivity index (χ3n) is 8.01. The molecule has 2 aromatic carbocycles. The lowest BCUT2D eigenvalue weighted by atomic mass is 9.98. The Morgan fingerprint density at radius 2 is 1.94 bits per heavy atom. The summed E-state index contributed by atoms with van der Waals surface area (Å²) < 4.78 is 71.0. The van der Waals surface area contributed by atoms with Gasteiger partial charge in [-0.15, -0.1) is 11.8 Å². The van der Waals surface area contributed by atoms with Crippen molar-refractivity contribution in [1.29, 1.82) is 0 Å². The molecule has 0 saturated carbocycles. The van der Waals surface area contributed by atoms with Gasteiger partial charge in [0.2, 0.25) is 0 Å². The maximum Gasteiger partial charge on any atom is 0.419 e. The Morgan fingerprint density at radius 3 is 2.60 bits per heavy atom. The van der Waals surface area contributed by atoms with Gasteiger partial charge < -0.3 is 21.8 Å². The van der Waals surface area contributed by atoms with Crippen molar-refractivity contribution in [3.8, 4) is 16.9 Å². The standard InChI is InChI=1S/C34H42F5N7OS/c1-4-7-28(43-13-6-12-42-20(2)40)25-11-10-24(17-30(25)48-3)46-19-22-16-29(44-32(22)45-33(46)47)26-14-21(8-5-9-23(41)18-35)15-27(31(26)36)34(37,38)39/h10-11,14-17,19,23,28,43H,4-9,12-13,18,41H2,1-3H3,(H2,40,42)(H,44,45,47). The number of benzene rings is 2. The SMILES string of the molecule is CCCC(NCCCN=C(C)N)c1ccc(-n2cc3cc(-c4cc(CCCC(N)CF)cc(C(F)(F)F)c4F)[nH]c3nc2=O)cc1SC. The zero-order valence-electron chi connectivity index (χ0n) is 27.3. The summed E-state index contributed by atoms with van der Waals surface area (Å²) in [5.74, 6) is -0.883. The molecular weight excluding hydrogens is 649 g/mol. The minimum atomic E-state index is -4.94. The van der Waals surface area contributed by atoms with E-state index in [1.165, 1.54) is 22.9 Å². The van der Waals surface area contributed by atoms with Crippen LogP contribution in [0.1, 0.15) is 68.7 Å². The molecule has 2 unspecified atom stereocenters. The van der Waals surface area contributed by atoms with Crippen molar-refractivity contribution in [3.63, 3.8) is 0 Å². The van der Waals surface area contributed by atoms with E-state index in [-0.39, 0.29) is 41.4 Å². The van der Waals surface area contributed by atoms with Crippen LogP contribution in [0.2, 0.25) is 0 Å². The van der Waals surface area contributed by atoms with Crippen molar-refractivity contribution in [1.82, 2.24) is 19.9 Å². The lowest BCUT2D eigenvalue weighted by molar-refractivity contribution is -0.140. The van der Waals surface area contributed by atoms with E-state index in [2.05, 4.69) is 27.2 Å². The number of fused-ring (bicyclic) bond motifs is 1. The molecule has 2 aromatic heterocycles. The van der Waals surface area contributed by atoms with Crippen LogP contribution >= 0.6 is 11.8 Å². The summed E-state index contributed by atoms with van der Waals surface area (Å²) in [4.78, 5) is 25.4. The number of alkyl halides is 4. The monoisotopic (exact) mass is 691 g/mol. The Hall–Kier alpha value is -3.75. The predicted molar refractivity (Wildman–Crippen MR) is 183 cm³/mol. The highest BCUT2D eigenvalue weighted by atomic mass is 32.2. The quantitative estimate of drug-likeness (QED) is 0.0327. The topological polar surface area (TPSA) is 127 Å². The first-order valence-electron chi connectivity index (χ1n) is 15.9. The van der Waals surface area contributed by atoms with E-state index in [0.717, 1.165) is 42.3 Å². The van der Waals surface area contributed by atoms with Crippen LogP contribution < -0.4 is 22.5 Å². The van der Waals surface area contributed by atoms with Crippen LogP contribution in [0.5, 0.6) is 0 Å². The molecular formula is C34H42F5N7OS. The number of nitrogens with two attached hydrogens (primary N) is 2. The van der Waals surface area contributed by atoms with Gasteiger partial charge >= 0.3 is 11.9 Å². The van der Waals surface area contributed by atoms with Crippen molar-refractivity contribution in [2.24, 2.45) is 16.5 Å². The largest absolute Gasteiger partial charge is 0.419 e. The van der Waals surface area contributed by atoms with E-state index >= 15 is 4.39 Å². The van der Waals surface area contributed by atoms with Crippen LogP contribution in [0, 0.1) is 5.82 Å². The predicted octanol–water partition coefficient (Wildman–Crippen LogP) is 7.08. The molecule has 4 aromatic rings. The molecule has 0 spiro atoms. The average molecular weight is 692 g/mol. The second kappa shape index (κ2) is 16.6. The van der Waals surface area contributed by atoms with E-state index < -0.39 is 36.0 Å². The molecule has 2 heterocycles. The molecule has 14 heteroatoms. The molecule has 0 fully saturated rings. The van der Waals surface area contributed by atoms with Crippen molar-refractivity contribution in [2.75, 3.05) is 26.0 Å². The van der Waals surface area contributed by atoms with Crippen LogP contribution in [0.25, 0.3) is 28.0 Å². The summed E-state index contributed by atoms with van der Waals surface area (Å²) in [6.07, 6.45) is 2.01. The van der Waals surface area contributed by atoms with E-state index in [1.54, 1.807) is 18.7 Å². The van der Waals surface area contributed by atoms with Crippen molar-refractivity contribution < 1.29 is 22.0 Å². The molecule has 0 aliphatic heterocycles. The summed E-state index contributed by atoms with van der Waals surface area (Å²) in [5, 5.41) is 4.02. The number of H-pyrrole nitrogens is 1. The Bertz CT molecular complexity index is 1780. The number of halogens is 5. The Balaban J connectivity index is 1.67. The number of aromatic nitrogens is 3. The van der Waals surface area contributed by atoms with Gasteiger partial charge in [0, 0.05) is 40.7 Å². The zero-order chi connectivity index (χ0) is 35.0. The van der Waals surface area contributed by atoms with Gasteiger partial charge in [0.15, 0.2) is 0 Å². The first-order valence-corrected chi connectivity index (χ1v) is 17.1. The van der Waals surface area contributed by atoms with Crippen LogP contribution in [-0.2, 0) is 12.6 Å². The van der Waals surface area contributed by atoms with Gasteiger partial charge in [0.25, 0.3) is 0 Å². The zero-order valence-corrected chi connectivity index (χ0v) is 28.1. The highest BCUT2D eigenvalue weighted by molar-refractivity contribution is 7.98. The number of nitrogens with one attached hydrogen (secondary N) is 2. The molecule has 0 aliphatic rings.